The van der Waals surface area contributed by atoms with Crippen molar-refractivity contribution in [3.8, 4) is 0 Å². The third kappa shape index (κ3) is 3.27. The summed E-state index contributed by atoms with van der Waals surface area (Å²) in [4.78, 5) is 2.61. The topological polar surface area (TPSA) is 23.5 Å². The summed E-state index contributed by atoms with van der Waals surface area (Å²) >= 11 is 0. The van der Waals surface area contributed by atoms with Gasteiger partial charge in [-0.1, -0.05) is 33.6 Å². The highest BCUT2D eigenvalue weighted by Gasteiger charge is 2.38. The second-order valence-electron chi connectivity index (χ2n) is 7.29. The molecule has 2 rings (SSSR count). The van der Waals surface area contributed by atoms with Crippen LogP contribution < -0.4 is 0 Å². The van der Waals surface area contributed by atoms with Gasteiger partial charge in [0, 0.05) is 13.1 Å². The maximum absolute atomic E-state index is 10.5. The lowest BCUT2D eigenvalue weighted by molar-refractivity contribution is -0.0413. The first kappa shape index (κ1) is 14.3. The lowest BCUT2D eigenvalue weighted by Gasteiger charge is -2.42. The molecule has 3 atom stereocenters. The number of hydrogen-bond acceptors (Lipinski definition) is 2. The fourth-order valence-corrected chi connectivity index (χ4v) is 4.01. The Labute approximate surface area is 113 Å². The predicted octanol–water partition coefficient (Wildman–Crippen LogP) is 3.30. The van der Waals surface area contributed by atoms with Crippen LogP contribution in [0, 0.1) is 17.3 Å². The highest BCUT2D eigenvalue weighted by Crippen LogP contribution is 2.39. The molecule has 0 aromatic carbocycles. The normalized spacial score (nSPS) is 37.0. The van der Waals surface area contributed by atoms with Crippen molar-refractivity contribution in [3.63, 3.8) is 0 Å². The highest BCUT2D eigenvalue weighted by molar-refractivity contribution is 4.90. The molecule has 1 heterocycles. The van der Waals surface area contributed by atoms with E-state index in [1.807, 2.05) is 0 Å². The van der Waals surface area contributed by atoms with Gasteiger partial charge in [-0.15, -0.1) is 0 Å². The molecule has 0 amide bonds. The van der Waals surface area contributed by atoms with Crippen molar-refractivity contribution >= 4 is 0 Å². The number of aliphatic hydroxyl groups is 1. The van der Waals surface area contributed by atoms with Crippen LogP contribution in [-0.4, -0.2) is 35.7 Å². The number of likely N-dealkylation sites (tertiary alicyclic amines) is 1. The molecule has 18 heavy (non-hydrogen) atoms. The van der Waals surface area contributed by atoms with Gasteiger partial charge in [0.2, 0.25) is 0 Å². The van der Waals surface area contributed by atoms with E-state index in [9.17, 15) is 5.11 Å². The van der Waals surface area contributed by atoms with Crippen LogP contribution in [0.1, 0.15) is 59.3 Å². The SMILES string of the molecule is CCCC1CCN(CC2CCCC(C)(C)C2O)C1. The number of aliphatic hydroxyl groups excluding tert-OH is 1. The summed E-state index contributed by atoms with van der Waals surface area (Å²) < 4.78 is 0. The molecule has 0 aromatic heterocycles. The zero-order valence-electron chi connectivity index (χ0n) is 12.5. The van der Waals surface area contributed by atoms with E-state index in [2.05, 4.69) is 25.7 Å². The Bertz CT molecular complexity index is 264. The second-order valence-corrected chi connectivity index (χ2v) is 7.29. The van der Waals surface area contributed by atoms with Crippen LogP contribution in [0.3, 0.4) is 0 Å². The van der Waals surface area contributed by atoms with Crippen molar-refractivity contribution < 1.29 is 5.11 Å². The maximum Gasteiger partial charge on any atom is 0.0631 e. The summed E-state index contributed by atoms with van der Waals surface area (Å²) in [6, 6.07) is 0. The lowest BCUT2D eigenvalue weighted by atomic mass is 9.69. The molecule has 0 bridgehead atoms. The number of hydrogen-bond donors (Lipinski definition) is 1. The van der Waals surface area contributed by atoms with Gasteiger partial charge in [0.25, 0.3) is 0 Å². The summed E-state index contributed by atoms with van der Waals surface area (Å²) in [5.41, 5.74) is 0.130. The average Bonchev–Trinajstić information content (AvgIpc) is 2.73. The first-order chi connectivity index (χ1) is 8.53. The second kappa shape index (κ2) is 5.92. The molecule has 2 aliphatic rings. The first-order valence-corrected chi connectivity index (χ1v) is 7.93. The van der Waals surface area contributed by atoms with Gasteiger partial charge in [-0.05, 0) is 49.5 Å². The van der Waals surface area contributed by atoms with Crippen molar-refractivity contribution in [1.29, 1.82) is 0 Å². The van der Waals surface area contributed by atoms with Crippen LogP contribution in [0.25, 0.3) is 0 Å². The molecule has 1 aliphatic heterocycles. The number of rotatable bonds is 4. The van der Waals surface area contributed by atoms with Crippen molar-refractivity contribution in [2.75, 3.05) is 19.6 Å². The van der Waals surface area contributed by atoms with E-state index >= 15 is 0 Å². The molecule has 2 nitrogen and oxygen atoms in total. The van der Waals surface area contributed by atoms with Gasteiger partial charge in [0.1, 0.15) is 0 Å². The lowest BCUT2D eigenvalue weighted by Crippen LogP contribution is -2.44. The smallest absolute Gasteiger partial charge is 0.0631 e. The monoisotopic (exact) mass is 253 g/mol. The van der Waals surface area contributed by atoms with Crippen molar-refractivity contribution in [3.05, 3.63) is 0 Å². The highest BCUT2D eigenvalue weighted by atomic mass is 16.3. The third-order valence-corrected chi connectivity index (χ3v) is 5.20. The maximum atomic E-state index is 10.5. The minimum absolute atomic E-state index is 0.100. The Hall–Kier alpha value is -0.0800. The summed E-state index contributed by atoms with van der Waals surface area (Å²) in [5.74, 6) is 1.43. The standard InChI is InChI=1S/C16H31NO/c1-4-6-13-8-10-17(11-13)12-14-7-5-9-16(2,3)15(14)18/h13-15,18H,4-12H2,1-3H3. The van der Waals surface area contributed by atoms with Crippen LogP contribution in [-0.2, 0) is 0 Å². The van der Waals surface area contributed by atoms with Gasteiger partial charge >= 0.3 is 0 Å². The molecule has 0 spiro atoms. The van der Waals surface area contributed by atoms with E-state index in [0.29, 0.717) is 5.92 Å². The Balaban J connectivity index is 1.83. The fraction of sp³-hybridized carbons (Fsp3) is 1.00. The Morgan fingerprint density at radius 3 is 2.78 bits per heavy atom. The summed E-state index contributed by atoms with van der Waals surface area (Å²) in [6.07, 6.45) is 7.67. The summed E-state index contributed by atoms with van der Waals surface area (Å²) in [6.45, 7) is 10.4. The van der Waals surface area contributed by atoms with Crippen molar-refractivity contribution in [2.24, 2.45) is 17.3 Å². The van der Waals surface area contributed by atoms with E-state index in [4.69, 9.17) is 0 Å². The Morgan fingerprint density at radius 2 is 2.06 bits per heavy atom. The molecule has 1 aliphatic carbocycles. The largest absolute Gasteiger partial charge is 0.392 e. The van der Waals surface area contributed by atoms with Gasteiger partial charge in [-0.2, -0.15) is 0 Å². The molecule has 0 radical (unpaired) electrons. The molecule has 2 heteroatoms. The molecule has 0 aromatic rings. The summed E-state index contributed by atoms with van der Waals surface area (Å²) in [7, 11) is 0. The van der Waals surface area contributed by atoms with Crippen LogP contribution in [0.4, 0.5) is 0 Å². The van der Waals surface area contributed by atoms with Crippen molar-refractivity contribution in [2.45, 2.75) is 65.4 Å². The molecule has 1 saturated carbocycles. The van der Waals surface area contributed by atoms with Gasteiger partial charge < -0.3 is 10.0 Å². The zero-order valence-corrected chi connectivity index (χ0v) is 12.5. The molecule has 1 N–H and O–H groups in total. The fourth-order valence-electron chi connectivity index (χ4n) is 4.01. The minimum atomic E-state index is -0.100. The molecule has 1 saturated heterocycles. The van der Waals surface area contributed by atoms with Crippen molar-refractivity contribution in [1.82, 2.24) is 4.90 Å². The third-order valence-electron chi connectivity index (χ3n) is 5.20. The zero-order chi connectivity index (χ0) is 13.2. The van der Waals surface area contributed by atoms with Gasteiger partial charge in [0.15, 0.2) is 0 Å². The molecular weight excluding hydrogens is 222 g/mol. The van der Waals surface area contributed by atoms with Gasteiger partial charge in [-0.25, -0.2) is 0 Å². The molecule has 106 valence electrons. The Morgan fingerprint density at radius 1 is 1.28 bits per heavy atom. The van der Waals surface area contributed by atoms with Gasteiger partial charge in [-0.3, -0.25) is 0 Å². The average molecular weight is 253 g/mol. The van der Waals surface area contributed by atoms with Crippen LogP contribution in [0.15, 0.2) is 0 Å². The molecular formula is C16H31NO. The van der Waals surface area contributed by atoms with E-state index in [1.165, 1.54) is 51.6 Å². The first-order valence-electron chi connectivity index (χ1n) is 7.93. The van der Waals surface area contributed by atoms with Crippen LogP contribution in [0.5, 0.6) is 0 Å². The summed E-state index contributed by atoms with van der Waals surface area (Å²) in [5, 5.41) is 10.5. The predicted molar refractivity (Wildman–Crippen MR) is 76.6 cm³/mol. The van der Waals surface area contributed by atoms with Gasteiger partial charge in [0.05, 0.1) is 6.10 Å². The minimum Gasteiger partial charge on any atom is -0.392 e. The van der Waals surface area contributed by atoms with E-state index < -0.39 is 0 Å². The Kier molecular flexibility index (Phi) is 4.71. The number of nitrogens with zero attached hydrogens (tertiary/aromatic N) is 1. The quantitative estimate of drug-likeness (QED) is 0.831. The molecule has 3 unspecified atom stereocenters. The van der Waals surface area contributed by atoms with Crippen LogP contribution >= 0.6 is 0 Å². The van der Waals surface area contributed by atoms with E-state index in [0.717, 1.165) is 12.5 Å². The van der Waals surface area contributed by atoms with Crippen LogP contribution in [0.2, 0.25) is 0 Å². The van der Waals surface area contributed by atoms with E-state index in [-0.39, 0.29) is 11.5 Å². The molecule has 2 fully saturated rings. The van der Waals surface area contributed by atoms with E-state index in [1.54, 1.807) is 0 Å².